The van der Waals surface area contributed by atoms with E-state index in [1.165, 1.54) is 48.6 Å². The maximum absolute atomic E-state index is 12.2. The van der Waals surface area contributed by atoms with Gasteiger partial charge in [-0.3, -0.25) is 4.79 Å². The second-order valence-corrected chi connectivity index (χ2v) is 9.52. The minimum atomic E-state index is -0.303. The number of allylic oxidation sites excluding steroid dienone is 9. The van der Waals surface area contributed by atoms with Gasteiger partial charge in [0.25, 0.3) is 0 Å². The summed E-state index contributed by atoms with van der Waals surface area (Å²) >= 11 is 11.8. The van der Waals surface area contributed by atoms with Crippen LogP contribution in [0.1, 0.15) is 53.9 Å². The van der Waals surface area contributed by atoms with E-state index in [1.807, 2.05) is 25.2 Å². The number of phenols is 1. The maximum atomic E-state index is 12.2. The number of rotatable bonds is 6. The van der Waals surface area contributed by atoms with Crippen molar-refractivity contribution in [1.29, 1.82) is 0 Å². The van der Waals surface area contributed by atoms with Gasteiger partial charge in [0.15, 0.2) is 5.75 Å². The summed E-state index contributed by atoms with van der Waals surface area (Å²) in [7, 11) is 0. The summed E-state index contributed by atoms with van der Waals surface area (Å²) in [5.74, 6) is -0.506. The summed E-state index contributed by atoms with van der Waals surface area (Å²) in [5.41, 5.74) is 5.52. The fraction of sp³-hybridized carbons (Fsp3) is 0.346. The van der Waals surface area contributed by atoms with E-state index >= 15 is 0 Å². The van der Waals surface area contributed by atoms with E-state index in [9.17, 15) is 9.90 Å². The molecule has 0 radical (unpaired) electrons. The lowest BCUT2D eigenvalue weighted by atomic mass is 9.72. The summed E-state index contributed by atoms with van der Waals surface area (Å²) in [6.45, 7) is 10.8. The molecule has 0 fully saturated rings. The van der Waals surface area contributed by atoms with E-state index in [0.29, 0.717) is 5.69 Å². The van der Waals surface area contributed by atoms with Crippen LogP contribution in [-0.4, -0.2) is 11.0 Å². The number of carbonyl (C=O) groups excluding carboxylic acids is 1. The van der Waals surface area contributed by atoms with Crippen molar-refractivity contribution >= 4 is 34.8 Å². The second kappa shape index (κ2) is 10.9. The van der Waals surface area contributed by atoms with Gasteiger partial charge >= 0.3 is 0 Å². The Kier molecular flexibility index (Phi) is 8.79. The van der Waals surface area contributed by atoms with Crippen molar-refractivity contribution in [2.24, 2.45) is 5.41 Å². The Bertz CT molecular complexity index is 972. The minimum absolute atomic E-state index is 0.0830. The molecule has 0 aliphatic heterocycles. The van der Waals surface area contributed by atoms with Crippen LogP contribution in [0, 0.1) is 5.41 Å². The molecule has 0 spiro atoms. The molecule has 0 atom stereocenters. The van der Waals surface area contributed by atoms with Crippen molar-refractivity contribution in [3.05, 3.63) is 80.9 Å². The molecule has 1 aromatic carbocycles. The molecule has 31 heavy (non-hydrogen) atoms. The number of phenolic OH excluding ortho intramolecular Hbond substituents is 1. The third-order valence-electron chi connectivity index (χ3n) is 5.42. The minimum Gasteiger partial charge on any atom is -0.505 e. The molecule has 2 rings (SSSR count). The number of hydrogen-bond acceptors (Lipinski definition) is 2. The number of amides is 1. The molecule has 2 N–H and O–H groups in total. The molecule has 1 amide bonds. The first-order chi connectivity index (χ1) is 14.5. The van der Waals surface area contributed by atoms with Crippen LogP contribution in [0.15, 0.2) is 70.9 Å². The van der Waals surface area contributed by atoms with E-state index in [-0.39, 0.29) is 27.1 Å². The van der Waals surface area contributed by atoms with Crippen LogP contribution in [0.4, 0.5) is 5.69 Å². The van der Waals surface area contributed by atoms with Crippen LogP contribution in [0.2, 0.25) is 10.0 Å². The van der Waals surface area contributed by atoms with Gasteiger partial charge in [0.2, 0.25) is 5.91 Å². The molecule has 0 saturated heterocycles. The van der Waals surface area contributed by atoms with Gasteiger partial charge in [-0.05, 0) is 68.7 Å². The van der Waals surface area contributed by atoms with Crippen LogP contribution in [0.25, 0.3) is 0 Å². The molecular weight excluding hydrogens is 429 g/mol. The second-order valence-electron chi connectivity index (χ2n) is 8.70. The van der Waals surface area contributed by atoms with Gasteiger partial charge in [-0.2, -0.15) is 0 Å². The van der Waals surface area contributed by atoms with Crippen molar-refractivity contribution in [2.75, 3.05) is 5.32 Å². The third-order valence-corrected chi connectivity index (χ3v) is 5.99. The summed E-state index contributed by atoms with van der Waals surface area (Å²) in [5, 5.41) is 12.4. The highest BCUT2D eigenvalue weighted by molar-refractivity contribution is 6.37. The monoisotopic (exact) mass is 459 g/mol. The predicted octanol–water partition coefficient (Wildman–Crippen LogP) is 8.17. The summed E-state index contributed by atoms with van der Waals surface area (Å²) < 4.78 is 0. The maximum Gasteiger partial charge on any atom is 0.248 e. The average molecular weight is 460 g/mol. The van der Waals surface area contributed by atoms with Crippen molar-refractivity contribution < 1.29 is 9.90 Å². The van der Waals surface area contributed by atoms with Crippen LogP contribution >= 0.6 is 23.2 Å². The molecule has 1 aromatic rings. The van der Waals surface area contributed by atoms with E-state index in [0.717, 1.165) is 11.1 Å². The third kappa shape index (κ3) is 7.45. The largest absolute Gasteiger partial charge is 0.505 e. The normalized spacial score (nSPS) is 17.6. The smallest absolute Gasteiger partial charge is 0.248 e. The zero-order chi connectivity index (χ0) is 23.2. The Morgan fingerprint density at radius 2 is 1.77 bits per heavy atom. The van der Waals surface area contributed by atoms with Crippen molar-refractivity contribution in [3.63, 3.8) is 0 Å². The first-order valence-corrected chi connectivity index (χ1v) is 11.2. The molecule has 3 nitrogen and oxygen atoms in total. The summed E-state index contributed by atoms with van der Waals surface area (Å²) in [4.78, 5) is 12.2. The van der Waals surface area contributed by atoms with Crippen molar-refractivity contribution in [1.82, 2.24) is 0 Å². The van der Waals surface area contributed by atoms with Gasteiger partial charge in [-0.15, -0.1) is 0 Å². The molecule has 0 heterocycles. The highest BCUT2D eigenvalue weighted by Gasteiger charge is 2.26. The van der Waals surface area contributed by atoms with Gasteiger partial charge in [-0.1, -0.05) is 78.6 Å². The topological polar surface area (TPSA) is 49.3 Å². The highest BCUT2D eigenvalue weighted by Crippen LogP contribution is 2.40. The van der Waals surface area contributed by atoms with E-state index in [1.54, 1.807) is 0 Å². The Morgan fingerprint density at radius 3 is 2.39 bits per heavy atom. The number of anilines is 1. The first kappa shape index (κ1) is 25.0. The Balaban J connectivity index is 2.00. The molecule has 0 unspecified atom stereocenters. The van der Waals surface area contributed by atoms with Crippen LogP contribution in [-0.2, 0) is 4.79 Å². The van der Waals surface area contributed by atoms with Gasteiger partial charge in [0, 0.05) is 11.8 Å². The van der Waals surface area contributed by atoms with Crippen molar-refractivity contribution in [2.45, 2.75) is 53.9 Å². The number of hydrogen-bond donors (Lipinski definition) is 2. The van der Waals surface area contributed by atoms with Crippen molar-refractivity contribution in [3.8, 4) is 5.75 Å². The summed E-state index contributed by atoms with van der Waals surface area (Å²) in [6.07, 6.45) is 15.4. The fourth-order valence-corrected chi connectivity index (χ4v) is 4.19. The lowest BCUT2D eigenvalue weighted by Gasteiger charge is -2.32. The predicted molar refractivity (Wildman–Crippen MR) is 133 cm³/mol. The van der Waals surface area contributed by atoms with E-state index < -0.39 is 0 Å². The van der Waals surface area contributed by atoms with E-state index in [4.69, 9.17) is 23.2 Å². The van der Waals surface area contributed by atoms with Crippen LogP contribution < -0.4 is 5.32 Å². The molecule has 5 heteroatoms. The molecular formula is C26H31Cl2NO2. The van der Waals surface area contributed by atoms with E-state index in [2.05, 4.69) is 45.2 Å². The average Bonchev–Trinajstić information content (AvgIpc) is 2.65. The first-order valence-electron chi connectivity index (χ1n) is 10.4. The zero-order valence-electron chi connectivity index (χ0n) is 18.9. The quantitative estimate of drug-likeness (QED) is 0.256. The molecule has 0 aromatic heterocycles. The Morgan fingerprint density at radius 1 is 1.13 bits per heavy atom. The fourth-order valence-electron chi connectivity index (χ4n) is 3.70. The lowest BCUT2D eigenvalue weighted by molar-refractivity contribution is -0.111. The molecule has 1 aliphatic carbocycles. The van der Waals surface area contributed by atoms with Crippen LogP contribution in [0.5, 0.6) is 5.75 Å². The van der Waals surface area contributed by atoms with Crippen LogP contribution in [0.3, 0.4) is 0 Å². The Hall–Kier alpha value is -2.23. The number of aromatic hydroxyl groups is 1. The Labute approximate surface area is 195 Å². The SMILES string of the molecule is CC1=C(/C=C/C(C)=C/C=C/C(C)=C/C(=O)Nc2cc(Cl)c(O)c(Cl)c2)C(C)(C)CCC1. The lowest BCUT2D eigenvalue weighted by Crippen LogP contribution is -2.19. The summed E-state index contributed by atoms with van der Waals surface area (Å²) in [6, 6.07) is 2.89. The number of carbonyl (C=O) groups is 1. The molecule has 0 saturated carbocycles. The molecule has 1 aliphatic rings. The highest BCUT2D eigenvalue weighted by atomic mass is 35.5. The van der Waals surface area contributed by atoms with Gasteiger partial charge in [-0.25, -0.2) is 0 Å². The van der Waals surface area contributed by atoms with Gasteiger partial charge < -0.3 is 10.4 Å². The number of halogens is 2. The standard InChI is InChI=1S/C26H31Cl2NO2/c1-17(11-12-21-19(3)10-7-13-26(21,4)5)8-6-9-18(2)14-24(30)29-20-15-22(27)25(31)23(28)16-20/h6,8-9,11-12,14-16,31H,7,10,13H2,1-5H3,(H,29,30)/b9-6+,12-11+,17-8+,18-14+. The number of nitrogens with one attached hydrogen (secondary N) is 1. The zero-order valence-corrected chi connectivity index (χ0v) is 20.4. The molecule has 0 bridgehead atoms. The number of benzene rings is 1. The van der Waals surface area contributed by atoms with Gasteiger partial charge in [0.05, 0.1) is 10.0 Å². The van der Waals surface area contributed by atoms with Gasteiger partial charge in [0.1, 0.15) is 0 Å². The molecule has 166 valence electrons.